The van der Waals surface area contributed by atoms with Crippen molar-refractivity contribution in [1.29, 1.82) is 0 Å². The third-order valence-electron chi connectivity index (χ3n) is 5.52. The van der Waals surface area contributed by atoms with E-state index < -0.39 is 0 Å². The van der Waals surface area contributed by atoms with Crippen molar-refractivity contribution >= 4 is 5.96 Å². The molecule has 2 N–H and O–H groups in total. The maximum absolute atomic E-state index is 4.86. The molecule has 1 aliphatic heterocycles. The summed E-state index contributed by atoms with van der Waals surface area (Å²) in [5, 5.41) is 7.08. The largest absolute Gasteiger partial charge is 0.357 e. The average molecular weight is 388 g/mol. The normalized spacial score (nSPS) is 16.5. The van der Waals surface area contributed by atoms with Crippen molar-refractivity contribution in [2.24, 2.45) is 4.99 Å². The van der Waals surface area contributed by atoms with Crippen molar-refractivity contribution in [2.75, 3.05) is 39.3 Å². The molecule has 158 valence electrons. The molecule has 1 saturated heterocycles. The van der Waals surface area contributed by atoms with Crippen molar-refractivity contribution < 1.29 is 0 Å². The minimum absolute atomic E-state index is 0.528. The van der Waals surface area contributed by atoms with Crippen molar-refractivity contribution in [3.63, 3.8) is 0 Å². The van der Waals surface area contributed by atoms with Crippen molar-refractivity contribution in [2.45, 2.75) is 66.1 Å². The Morgan fingerprint density at radius 1 is 1.11 bits per heavy atom. The van der Waals surface area contributed by atoms with Gasteiger partial charge in [-0.1, -0.05) is 45.0 Å². The van der Waals surface area contributed by atoms with Crippen molar-refractivity contribution in [3.05, 3.63) is 35.4 Å². The molecule has 0 spiro atoms. The van der Waals surface area contributed by atoms with Crippen LogP contribution >= 0.6 is 0 Å². The molecule has 1 aromatic rings. The van der Waals surface area contributed by atoms with Crippen LogP contribution in [-0.2, 0) is 13.1 Å². The summed E-state index contributed by atoms with van der Waals surface area (Å²) < 4.78 is 0. The van der Waals surface area contributed by atoms with E-state index in [4.69, 9.17) is 4.99 Å². The Bertz CT molecular complexity index is 574. The number of nitrogens with one attached hydrogen (secondary N) is 2. The Morgan fingerprint density at radius 3 is 2.46 bits per heavy atom. The van der Waals surface area contributed by atoms with Crippen LogP contribution < -0.4 is 10.6 Å². The summed E-state index contributed by atoms with van der Waals surface area (Å²) in [5.74, 6) is 0.950. The maximum atomic E-state index is 4.86. The molecule has 0 unspecified atom stereocenters. The maximum Gasteiger partial charge on any atom is 0.191 e. The Labute approximate surface area is 172 Å². The summed E-state index contributed by atoms with van der Waals surface area (Å²) in [7, 11) is 0. The first kappa shape index (κ1) is 22.7. The topological polar surface area (TPSA) is 42.9 Å². The number of likely N-dealkylation sites (tertiary alicyclic amines) is 1. The van der Waals surface area contributed by atoms with Crippen LogP contribution in [0.5, 0.6) is 0 Å². The molecule has 0 bridgehead atoms. The Hall–Kier alpha value is -1.59. The van der Waals surface area contributed by atoms with Gasteiger partial charge in [-0.05, 0) is 56.9 Å². The van der Waals surface area contributed by atoms with Crippen LogP contribution in [0.25, 0.3) is 0 Å². The molecule has 1 heterocycles. The minimum atomic E-state index is 0.528. The minimum Gasteiger partial charge on any atom is -0.357 e. The summed E-state index contributed by atoms with van der Waals surface area (Å²) in [4.78, 5) is 9.88. The van der Waals surface area contributed by atoms with Crippen LogP contribution in [0.4, 0.5) is 0 Å². The molecule has 0 amide bonds. The molecule has 0 aliphatic carbocycles. The molecule has 1 aliphatic rings. The first-order valence-electron chi connectivity index (χ1n) is 11.3. The van der Waals surface area contributed by atoms with Gasteiger partial charge in [0.15, 0.2) is 5.96 Å². The molecule has 0 radical (unpaired) electrons. The van der Waals surface area contributed by atoms with Gasteiger partial charge in [0.2, 0.25) is 0 Å². The lowest BCUT2D eigenvalue weighted by Crippen LogP contribution is -2.48. The fraction of sp³-hybridized carbons (Fsp3) is 0.696. The second-order valence-corrected chi connectivity index (χ2v) is 7.74. The Balaban J connectivity index is 1.91. The van der Waals surface area contributed by atoms with Crippen LogP contribution in [0.15, 0.2) is 29.3 Å². The van der Waals surface area contributed by atoms with Gasteiger partial charge in [-0.2, -0.15) is 0 Å². The zero-order valence-corrected chi connectivity index (χ0v) is 18.5. The standard InChI is InChI=1S/C23H41N5/c1-5-14-28-15-12-22(13-16-28)26-23(24-6-2)25-18-20-10-9-11-21(17-20)19-27(7-3)8-4/h9-11,17,22H,5-8,12-16,18-19H2,1-4H3,(H2,24,25,26). The highest BCUT2D eigenvalue weighted by Gasteiger charge is 2.19. The van der Waals surface area contributed by atoms with E-state index in [1.165, 1.54) is 50.0 Å². The Morgan fingerprint density at radius 2 is 1.82 bits per heavy atom. The predicted molar refractivity (Wildman–Crippen MR) is 121 cm³/mol. The van der Waals surface area contributed by atoms with Gasteiger partial charge in [-0.25, -0.2) is 4.99 Å². The number of guanidine groups is 1. The molecular formula is C23H41N5. The highest BCUT2D eigenvalue weighted by molar-refractivity contribution is 5.80. The summed E-state index contributed by atoms with van der Waals surface area (Å²) in [6.45, 7) is 17.2. The van der Waals surface area contributed by atoms with E-state index in [0.717, 1.165) is 38.7 Å². The highest BCUT2D eigenvalue weighted by Crippen LogP contribution is 2.12. The zero-order chi connectivity index (χ0) is 20.2. The van der Waals surface area contributed by atoms with E-state index in [2.05, 4.69) is 72.4 Å². The van der Waals surface area contributed by atoms with Gasteiger partial charge in [-0.15, -0.1) is 0 Å². The van der Waals surface area contributed by atoms with Crippen LogP contribution in [0.1, 0.15) is 58.1 Å². The molecule has 1 aromatic carbocycles. The van der Waals surface area contributed by atoms with Crippen LogP contribution in [0, 0.1) is 0 Å². The molecule has 0 aromatic heterocycles. The van der Waals surface area contributed by atoms with Crippen LogP contribution in [-0.4, -0.2) is 61.1 Å². The van der Waals surface area contributed by atoms with Gasteiger partial charge in [0.05, 0.1) is 6.54 Å². The Kier molecular flexibility index (Phi) is 10.4. The second-order valence-electron chi connectivity index (χ2n) is 7.74. The number of rotatable bonds is 10. The number of benzene rings is 1. The number of aliphatic imine (C=N–C) groups is 1. The van der Waals surface area contributed by atoms with E-state index in [1.807, 2.05) is 0 Å². The van der Waals surface area contributed by atoms with Crippen LogP contribution in [0.2, 0.25) is 0 Å². The van der Waals surface area contributed by atoms with Gasteiger partial charge >= 0.3 is 0 Å². The number of hydrogen-bond acceptors (Lipinski definition) is 3. The molecular weight excluding hydrogens is 346 g/mol. The quantitative estimate of drug-likeness (QED) is 0.477. The molecule has 2 rings (SSSR count). The fourth-order valence-corrected chi connectivity index (χ4v) is 3.83. The van der Waals surface area contributed by atoms with Crippen molar-refractivity contribution in [3.8, 4) is 0 Å². The monoisotopic (exact) mass is 387 g/mol. The predicted octanol–water partition coefficient (Wildman–Crippen LogP) is 3.46. The number of piperidine rings is 1. The van der Waals surface area contributed by atoms with E-state index in [9.17, 15) is 0 Å². The lowest BCUT2D eigenvalue weighted by Gasteiger charge is -2.32. The summed E-state index contributed by atoms with van der Waals surface area (Å²) >= 11 is 0. The van der Waals surface area contributed by atoms with Gasteiger partial charge in [-0.3, -0.25) is 4.90 Å². The van der Waals surface area contributed by atoms with E-state index in [0.29, 0.717) is 6.04 Å². The fourth-order valence-electron chi connectivity index (χ4n) is 3.83. The molecule has 1 fully saturated rings. The molecule has 5 nitrogen and oxygen atoms in total. The molecule has 28 heavy (non-hydrogen) atoms. The van der Waals surface area contributed by atoms with Gasteiger partial charge in [0.25, 0.3) is 0 Å². The summed E-state index contributed by atoms with van der Waals surface area (Å²) in [5.41, 5.74) is 2.65. The molecule has 0 atom stereocenters. The SMILES string of the molecule is CCCN1CCC(NC(=NCc2cccc(CN(CC)CC)c2)NCC)CC1. The highest BCUT2D eigenvalue weighted by atomic mass is 15.2. The number of hydrogen-bond donors (Lipinski definition) is 2. The summed E-state index contributed by atoms with van der Waals surface area (Å²) in [6.07, 6.45) is 3.64. The first-order chi connectivity index (χ1) is 13.7. The van der Waals surface area contributed by atoms with Crippen molar-refractivity contribution in [1.82, 2.24) is 20.4 Å². The van der Waals surface area contributed by atoms with Crippen LogP contribution in [0.3, 0.4) is 0 Å². The first-order valence-corrected chi connectivity index (χ1v) is 11.3. The van der Waals surface area contributed by atoms with E-state index in [-0.39, 0.29) is 0 Å². The summed E-state index contributed by atoms with van der Waals surface area (Å²) in [6, 6.07) is 9.39. The molecule has 0 saturated carbocycles. The second kappa shape index (κ2) is 12.8. The van der Waals surface area contributed by atoms with E-state index >= 15 is 0 Å². The zero-order valence-electron chi connectivity index (χ0n) is 18.5. The van der Waals surface area contributed by atoms with Gasteiger partial charge in [0.1, 0.15) is 0 Å². The average Bonchev–Trinajstić information content (AvgIpc) is 2.72. The third-order valence-corrected chi connectivity index (χ3v) is 5.52. The third kappa shape index (κ3) is 7.80. The lowest BCUT2D eigenvalue weighted by molar-refractivity contribution is 0.206. The smallest absolute Gasteiger partial charge is 0.191 e. The van der Waals surface area contributed by atoms with Gasteiger partial charge < -0.3 is 15.5 Å². The number of nitrogens with zero attached hydrogens (tertiary/aromatic N) is 3. The van der Waals surface area contributed by atoms with E-state index in [1.54, 1.807) is 0 Å². The van der Waals surface area contributed by atoms with Gasteiger partial charge in [0, 0.05) is 32.2 Å². The molecule has 5 heteroatoms. The lowest BCUT2D eigenvalue weighted by atomic mass is 10.1.